The fourth-order valence-corrected chi connectivity index (χ4v) is 10.1. The number of hydrogen-bond acceptors (Lipinski definition) is 1. The molecule has 0 unspecified atom stereocenters. The third kappa shape index (κ3) is 5.37. The SMILES string of the molecule is c1ccc(-n2c3ccccc3c3cc(-c4cc(-c5ccc6c(c5)-c5ccccc5-c5ccccc5-c5ccccc5-6)cc(-c5ccc6oc7ccccc7c6c5)c4)ccc32)cc1. The molecule has 0 saturated heterocycles. The molecule has 0 bridgehead atoms. The van der Waals surface area contributed by atoms with Gasteiger partial charge in [0, 0.05) is 27.2 Å². The highest BCUT2D eigenvalue weighted by Gasteiger charge is 2.23. The Kier molecular flexibility index (Phi) is 7.64. The number of rotatable bonds is 4. The van der Waals surface area contributed by atoms with E-state index in [1.807, 2.05) is 12.1 Å². The molecule has 0 radical (unpaired) electrons. The number of aromatic nitrogens is 1. The number of nitrogens with zero attached hydrogens (tertiary/aromatic N) is 1. The van der Waals surface area contributed by atoms with Crippen molar-refractivity contribution in [2.24, 2.45) is 0 Å². The summed E-state index contributed by atoms with van der Waals surface area (Å²) in [5.41, 5.74) is 22.3. The Morgan fingerprint density at radius 3 is 1.32 bits per heavy atom. The maximum Gasteiger partial charge on any atom is 0.135 e. The van der Waals surface area contributed by atoms with Crippen LogP contribution in [0.15, 0.2) is 229 Å². The third-order valence-electron chi connectivity index (χ3n) is 13.0. The Morgan fingerprint density at radius 1 is 0.242 bits per heavy atom. The highest BCUT2D eigenvalue weighted by atomic mass is 16.3. The van der Waals surface area contributed by atoms with Gasteiger partial charge in [-0.2, -0.15) is 0 Å². The summed E-state index contributed by atoms with van der Waals surface area (Å²) in [5, 5.41) is 4.72. The summed E-state index contributed by atoms with van der Waals surface area (Å²) < 4.78 is 8.67. The molecule has 62 heavy (non-hydrogen) atoms. The fourth-order valence-electron chi connectivity index (χ4n) is 10.1. The molecule has 10 aromatic carbocycles. The van der Waals surface area contributed by atoms with E-state index in [1.165, 1.54) is 83.0 Å². The lowest BCUT2D eigenvalue weighted by Gasteiger charge is -2.23. The first-order valence-corrected chi connectivity index (χ1v) is 21.3. The summed E-state index contributed by atoms with van der Waals surface area (Å²) in [5.74, 6) is 0. The molecular formula is C60H37NO. The van der Waals surface area contributed by atoms with Crippen LogP contribution in [0.5, 0.6) is 0 Å². The molecule has 288 valence electrons. The normalized spacial score (nSPS) is 11.9. The number of para-hydroxylation sites is 3. The molecule has 0 saturated carbocycles. The van der Waals surface area contributed by atoms with Crippen molar-refractivity contribution in [2.45, 2.75) is 0 Å². The van der Waals surface area contributed by atoms with Crippen LogP contribution in [0.2, 0.25) is 0 Å². The van der Waals surface area contributed by atoms with Crippen LogP contribution in [-0.2, 0) is 0 Å². The van der Waals surface area contributed by atoms with Crippen molar-refractivity contribution >= 4 is 43.7 Å². The van der Waals surface area contributed by atoms with Gasteiger partial charge in [0.05, 0.1) is 11.0 Å². The smallest absolute Gasteiger partial charge is 0.135 e. The highest BCUT2D eigenvalue weighted by Crippen LogP contribution is 2.49. The van der Waals surface area contributed by atoms with Crippen LogP contribution < -0.4 is 0 Å². The lowest BCUT2D eigenvalue weighted by molar-refractivity contribution is 0.669. The van der Waals surface area contributed by atoms with Crippen LogP contribution in [0.4, 0.5) is 0 Å². The van der Waals surface area contributed by atoms with Crippen LogP contribution in [0.25, 0.3) is 127 Å². The summed E-state index contributed by atoms with van der Waals surface area (Å²) in [6.07, 6.45) is 0. The average molecular weight is 788 g/mol. The Morgan fingerprint density at radius 2 is 0.677 bits per heavy atom. The van der Waals surface area contributed by atoms with Gasteiger partial charge in [0.15, 0.2) is 0 Å². The fraction of sp³-hybridized carbons (Fsp3) is 0. The van der Waals surface area contributed by atoms with Gasteiger partial charge >= 0.3 is 0 Å². The van der Waals surface area contributed by atoms with E-state index in [2.05, 4.69) is 217 Å². The molecule has 2 heterocycles. The summed E-state index contributed by atoms with van der Waals surface area (Å²) in [6.45, 7) is 0. The molecule has 13 rings (SSSR count). The van der Waals surface area contributed by atoms with E-state index >= 15 is 0 Å². The van der Waals surface area contributed by atoms with Crippen LogP contribution in [0.1, 0.15) is 0 Å². The standard InChI is InChI=1S/C60H37NO/c1-2-14-44(15-3-1)61-57-24-12-10-22-52(57)55-36-39(27-30-58(55)61)42-32-41(33-43(34-42)40-28-31-60-56(37-40)53-23-11-13-25-59(53)62-60)38-26-29-51-49-20-7-6-18-47(49)45-16-4-5-17-46(45)48-19-8-9-21-50(48)54(51)35-38/h1-37H. The lowest BCUT2D eigenvalue weighted by atomic mass is 9.80. The molecule has 2 aromatic heterocycles. The van der Waals surface area contributed by atoms with E-state index in [0.29, 0.717) is 0 Å². The van der Waals surface area contributed by atoms with Crippen molar-refractivity contribution < 1.29 is 4.42 Å². The van der Waals surface area contributed by atoms with Crippen LogP contribution in [-0.4, -0.2) is 4.57 Å². The summed E-state index contributed by atoms with van der Waals surface area (Å²) >= 11 is 0. The van der Waals surface area contributed by atoms with E-state index in [1.54, 1.807) is 0 Å². The Hall–Kier alpha value is -8.20. The zero-order valence-corrected chi connectivity index (χ0v) is 33.7. The molecule has 0 aliphatic heterocycles. The van der Waals surface area contributed by atoms with E-state index in [9.17, 15) is 0 Å². The van der Waals surface area contributed by atoms with Crippen LogP contribution in [0, 0.1) is 0 Å². The second-order valence-electron chi connectivity index (χ2n) is 16.4. The van der Waals surface area contributed by atoms with Crippen molar-refractivity contribution in [3.63, 3.8) is 0 Å². The molecule has 0 N–H and O–H groups in total. The molecule has 0 fully saturated rings. The van der Waals surface area contributed by atoms with Gasteiger partial charge in [-0.3, -0.25) is 0 Å². The average Bonchev–Trinajstić information content (AvgIpc) is 3.89. The minimum absolute atomic E-state index is 0.897. The lowest BCUT2D eigenvalue weighted by Crippen LogP contribution is -1.97. The zero-order chi connectivity index (χ0) is 40.7. The van der Waals surface area contributed by atoms with Crippen molar-refractivity contribution in [1.29, 1.82) is 0 Å². The number of furan rings is 1. The molecule has 0 amide bonds. The first kappa shape index (κ1) is 34.6. The molecule has 0 atom stereocenters. The number of hydrogen-bond donors (Lipinski definition) is 0. The van der Waals surface area contributed by atoms with E-state index in [-0.39, 0.29) is 0 Å². The predicted molar refractivity (Wildman–Crippen MR) is 260 cm³/mol. The molecular weight excluding hydrogens is 751 g/mol. The minimum atomic E-state index is 0.897. The molecule has 2 nitrogen and oxygen atoms in total. The topological polar surface area (TPSA) is 18.1 Å². The predicted octanol–water partition coefficient (Wildman–Crippen LogP) is 16.7. The molecule has 0 spiro atoms. The van der Waals surface area contributed by atoms with Gasteiger partial charge in [-0.05, 0) is 151 Å². The maximum atomic E-state index is 6.28. The first-order valence-electron chi connectivity index (χ1n) is 21.3. The highest BCUT2D eigenvalue weighted by molar-refractivity contribution is 6.11. The van der Waals surface area contributed by atoms with E-state index in [4.69, 9.17) is 4.42 Å². The van der Waals surface area contributed by atoms with Gasteiger partial charge < -0.3 is 8.98 Å². The second kappa shape index (κ2) is 13.7. The van der Waals surface area contributed by atoms with E-state index < -0.39 is 0 Å². The van der Waals surface area contributed by atoms with Crippen molar-refractivity contribution in [3.05, 3.63) is 224 Å². The van der Waals surface area contributed by atoms with Crippen molar-refractivity contribution in [3.8, 4) is 83.6 Å². The van der Waals surface area contributed by atoms with Gasteiger partial charge in [-0.1, -0.05) is 152 Å². The zero-order valence-electron chi connectivity index (χ0n) is 33.7. The van der Waals surface area contributed by atoms with Crippen LogP contribution >= 0.6 is 0 Å². The largest absolute Gasteiger partial charge is 0.456 e. The number of benzene rings is 10. The molecule has 12 aromatic rings. The summed E-state index contributed by atoms with van der Waals surface area (Å²) in [7, 11) is 0. The molecule has 1 aliphatic carbocycles. The van der Waals surface area contributed by atoms with Gasteiger partial charge in [0.25, 0.3) is 0 Å². The summed E-state index contributed by atoms with van der Waals surface area (Å²) in [4.78, 5) is 0. The van der Waals surface area contributed by atoms with Crippen molar-refractivity contribution in [1.82, 2.24) is 4.57 Å². The Bertz CT molecular complexity index is 3750. The maximum absolute atomic E-state index is 6.28. The molecule has 2 heteroatoms. The number of fused-ring (bicyclic) bond motifs is 14. The Labute approximate surface area is 359 Å². The van der Waals surface area contributed by atoms with E-state index in [0.717, 1.165) is 44.3 Å². The summed E-state index contributed by atoms with van der Waals surface area (Å²) in [6, 6.07) is 82.2. The van der Waals surface area contributed by atoms with Crippen LogP contribution in [0.3, 0.4) is 0 Å². The quantitative estimate of drug-likeness (QED) is 0.174. The van der Waals surface area contributed by atoms with Gasteiger partial charge in [-0.15, -0.1) is 0 Å². The Balaban J connectivity index is 1.05. The minimum Gasteiger partial charge on any atom is -0.456 e. The monoisotopic (exact) mass is 787 g/mol. The second-order valence-corrected chi connectivity index (χ2v) is 16.4. The third-order valence-corrected chi connectivity index (χ3v) is 13.0. The van der Waals surface area contributed by atoms with Gasteiger partial charge in [0.1, 0.15) is 11.2 Å². The molecule has 1 aliphatic rings. The van der Waals surface area contributed by atoms with Gasteiger partial charge in [-0.25, -0.2) is 0 Å². The van der Waals surface area contributed by atoms with Gasteiger partial charge in [0.2, 0.25) is 0 Å². The van der Waals surface area contributed by atoms with Crippen molar-refractivity contribution in [2.75, 3.05) is 0 Å². The first-order chi connectivity index (χ1) is 30.7.